The molecule has 0 atom stereocenters. The van der Waals surface area contributed by atoms with Crippen LogP contribution in [0.3, 0.4) is 0 Å². The van der Waals surface area contributed by atoms with Crippen LogP contribution in [-0.4, -0.2) is 35.5 Å². The van der Waals surface area contributed by atoms with E-state index >= 15 is 0 Å². The van der Waals surface area contributed by atoms with Crippen molar-refractivity contribution in [3.8, 4) is 0 Å². The molecular weight excluding hydrogens is 188 g/mol. The molecular formula is C8H12O4Si. The van der Waals surface area contributed by atoms with Crippen LogP contribution in [0.5, 0.6) is 0 Å². The van der Waals surface area contributed by atoms with Gasteiger partial charge in [-0.05, 0) is 0 Å². The second-order valence-corrected chi connectivity index (χ2v) is 4.84. The van der Waals surface area contributed by atoms with E-state index in [9.17, 15) is 0 Å². The SMILES string of the molecule is C1=CCO[Si]2(OC1)OCC=CCO2. The summed E-state index contributed by atoms with van der Waals surface area (Å²) in [5.74, 6) is 0. The van der Waals surface area contributed by atoms with Crippen LogP contribution in [0.15, 0.2) is 24.3 Å². The molecule has 2 heterocycles. The standard InChI is InChI=1S/C8H12O4Si/c1-2-6-10-13(9-5-1)11-7-3-4-8-12-13/h1-4H,5-8H2. The highest BCUT2D eigenvalue weighted by Gasteiger charge is 2.46. The molecule has 0 radical (unpaired) electrons. The minimum atomic E-state index is -2.80. The van der Waals surface area contributed by atoms with Crippen molar-refractivity contribution in [3.63, 3.8) is 0 Å². The zero-order chi connectivity index (χ0) is 8.99. The topological polar surface area (TPSA) is 36.9 Å². The fourth-order valence-corrected chi connectivity index (χ4v) is 2.82. The van der Waals surface area contributed by atoms with Gasteiger partial charge in [0.2, 0.25) is 0 Å². The molecule has 13 heavy (non-hydrogen) atoms. The van der Waals surface area contributed by atoms with E-state index in [4.69, 9.17) is 17.7 Å². The quantitative estimate of drug-likeness (QED) is 0.424. The lowest BCUT2D eigenvalue weighted by Gasteiger charge is -2.23. The highest BCUT2D eigenvalue weighted by atomic mass is 28.4. The zero-order valence-electron chi connectivity index (χ0n) is 7.27. The maximum Gasteiger partial charge on any atom is 0.680 e. The van der Waals surface area contributed by atoms with Gasteiger partial charge in [-0.2, -0.15) is 0 Å². The van der Waals surface area contributed by atoms with Gasteiger partial charge in [0.25, 0.3) is 0 Å². The third-order valence-corrected chi connectivity index (χ3v) is 3.84. The molecule has 0 aromatic rings. The largest absolute Gasteiger partial charge is 0.680 e. The van der Waals surface area contributed by atoms with Gasteiger partial charge in [0.15, 0.2) is 0 Å². The Kier molecular flexibility index (Phi) is 2.92. The van der Waals surface area contributed by atoms with Gasteiger partial charge in [-0.25, -0.2) is 0 Å². The Morgan fingerprint density at radius 2 is 0.923 bits per heavy atom. The first-order valence-corrected chi connectivity index (χ1v) is 5.90. The minimum Gasteiger partial charge on any atom is -0.347 e. The van der Waals surface area contributed by atoms with Gasteiger partial charge < -0.3 is 17.7 Å². The average molecular weight is 200 g/mol. The molecule has 0 bridgehead atoms. The molecule has 72 valence electrons. The van der Waals surface area contributed by atoms with Crippen LogP contribution in [0.25, 0.3) is 0 Å². The average Bonchev–Trinajstić information content (AvgIpc) is 2.50. The Morgan fingerprint density at radius 1 is 0.615 bits per heavy atom. The lowest BCUT2D eigenvalue weighted by Crippen LogP contribution is -2.48. The van der Waals surface area contributed by atoms with E-state index in [1.807, 2.05) is 24.3 Å². The molecule has 0 aromatic heterocycles. The van der Waals surface area contributed by atoms with E-state index in [1.165, 1.54) is 0 Å². The smallest absolute Gasteiger partial charge is 0.347 e. The molecule has 0 saturated carbocycles. The maximum atomic E-state index is 5.46. The number of hydrogen-bond donors (Lipinski definition) is 0. The van der Waals surface area contributed by atoms with E-state index in [0.29, 0.717) is 26.4 Å². The van der Waals surface area contributed by atoms with Crippen LogP contribution < -0.4 is 0 Å². The number of hydrogen-bond acceptors (Lipinski definition) is 4. The monoisotopic (exact) mass is 200 g/mol. The summed E-state index contributed by atoms with van der Waals surface area (Å²) >= 11 is 0. The molecule has 2 aliphatic heterocycles. The van der Waals surface area contributed by atoms with E-state index in [1.54, 1.807) is 0 Å². The van der Waals surface area contributed by atoms with Gasteiger partial charge in [0.1, 0.15) is 0 Å². The van der Waals surface area contributed by atoms with E-state index in [0.717, 1.165) is 0 Å². The molecule has 0 N–H and O–H groups in total. The van der Waals surface area contributed by atoms with Crippen molar-refractivity contribution < 1.29 is 17.7 Å². The summed E-state index contributed by atoms with van der Waals surface area (Å²) in [6.45, 7) is 2.02. The first kappa shape index (κ1) is 9.11. The molecule has 2 aliphatic rings. The molecule has 0 aromatic carbocycles. The maximum absolute atomic E-state index is 5.46. The Bertz CT molecular complexity index is 179. The Hall–Kier alpha value is -0.463. The Labute approximate surface area is 78.2 Å². The second-order valence-electron chi connectivity index (χ2n) is 2.69. The third kappa shape index (κ3) is 2.26. The first-order valence-electron chi connectivity index (χ1n) is 4.27. The van der Waals surface area contributed by atoms with Gasteiger partial charge in [-0.15, -0.1) is 0 Å². The van der Waals surface area contributed by atoms with Gasteiger partial charge in [-0.1, -0.05) is 24.3 Å². The lowest BCUT2D eigenvalue weighted by atomic mass is 10.5. The zero-order valence-corrected chi connectivity index (χ0v) is 8.27. The van der Waals surface area contributed by atoms with Crippen molar-refractivity contribution in [1.29, 1.82) is 0 Å². The van der Waals surface area contributed by atoms with Crippen LogP contribution in [-0.2, 0) is 17.7 Å². The van der Waals surface area contributed by atoms with Crippen molar-refractivity contribution in [2.45, 2.75) is 0 Å². The first-order chi connectivity index (χ1) is 6.41. The summed E-state index contributed by atoms with van der Waals surface area (Å²) in [6.07, 6.45) is 7.64. The van der Waals surface area contributed by atoms with Crippen LogP contribution in [0.4, 0.5) is 0 Å². The molecule has 0 aliphatic carbocycles. The van der Waals surface area contributed by atoms with Crippen LogP contribution >= 0.6 is 0 Å². The van der Waals surface area contributed by atoms with Gasteiger partial charge in [0, 0.05) is 0 Å². The van der Waals surface area contributed by atoms with Gasteiger partial charge in [-0.3, -0.25) is 0 Å². The summed E-state index contributed by atoms with van der Waals surface area (Å²) in [5.41, 5.74) is 0. The van der Waals surface area contributed by atoms with Gasteiger partial charge >= 0.3 is 9.05 Å². The molecule has 0 amide bonds. The van der Waals surface area contributed by atoms with E-state index in [-0.39, 0.29) is 0 Å². The fourth-order valence-electron chi connectivity index (χ4n) is 1.12. The van der Waals surface area contributed by atoms with Crippen LogP contribution in [0.1, 0.15) is 0 Å². The van der Waals surface area contributed by atoms with E-state index in [2.05, 4.69) is 0 Å². The second kappa shape index (κ2) is 4.16. The Balaban J connectivity index is 2.01. The summed E-state index contributed by atoms with van der Waals surface area (Å²) in [5, 5.41) is 0. The van der Waals surface area contributed by atoms with Crippen molar-refractivity contribution in [2.24, 2.45) is 0 Å². The molecule has 2 rings (SSSR count). The molecule has 0 saturated heterocycles. The van der Waals surface area contributed by atoms with Crippen molar-refractivity contribution in [1.82, 2.24) is 0 Å². The van der Waals surface area contributed by atoms with Crippen molar-refractivity contribution in [3.05, 3.63) is 24.3 Å². The summed E-state index contributed by atoms with van der Waals surface area (Å²) in [6, 6.07) is 0. The minimum absolute atomic E-state index is 0.506. The predicted octanol–water partition coefficient (Wildman–Crippen LogP) is 0.628. The highest BCUT2D eigenvalue weighted by molar-refractivity contribution is 6.53. The predicted molar refractivity (Wildman–Crippen MR) is 47.8 cm³/mol. The summed E-state index contributed by atoms with van der Waals surface area (Å²) in [7, 11) is -2.80. The molecule has 1 spiro atoms. The number of rotatable bonds is 0. The fraction of sp³-hybridized carbons (Fsp3) is 0.500. The van der Waals surface area contributed by atoms with E-state index < -0.39 is 9.05 Å². The third-order valence-electron chi connectivity index (χ3n) is 1.76. The van der Waals surface area contributed by atoms with Crippen molar-refractivity contribution in [2.75, 3.05) is 26.4 Å². The Morgan fingerprint density at radius 3 is 1.23 bits per heavy atom. The highest BCUT2D eigenvalue weighted by Crippen LogP contribution is 2.16. The van der Waals surface area contributed by atoms with Crippen LogP contribution in [0.2, 0.25) is 0 Å². The molecule has 0 unspecified atom stereocenters. The lowest BCUT2D eigenvalue weighted by molar-refractivity contribution is -0.00432. The van der Waals surface area contributed by atoms with Crippen LogP contribution in [0, 0.1) is 0 Å². The molecule has 5 heteroatoms. The summed E-state index contributed by atoms with van der Waals surface area (Å²) in [4.78, 5) is 0. The normalized spacial score (nSPS) is 27.1. The molecule has 4 nitrogen and oxygen atoms in total. The van der Waals surface area contributed by atoms with Crippen molar-refractivity contribution >= 4 is 9.05 Å². The molecule has 0 fully saturated rings. The van der Waals surface area contributed by atoms with Gasteiger partial charge in [0.05, 0.1) is 26.4 Å². The summed E-state index contributed by atoms with van der Waals surface area (Å²) < 4.78 is 21.8.